The number of ether oxygens (including phenoxy) is 1. The number of fused-ring (bicyclic) bond motifs is 1. The molecule has 0 saturated carbocycles. The van der Waals surface area contributed by atoms with E-state index in [9.17, 15) is 9.59 Å². The van der Waals surface area contributed by atoms with Crippen LogP contribution in [0.5, 0.6) is 5.75 Å². The van der Waals surface area contributed by atoms with Gasteiger partial charge in [0.15, 0.2) is 6.61 Å². The van der Waals surface area contributed by atoms with Gasteiger partial charge in [-0.2, -0.15) is 5.10 Å². The Hall–Kier alpha value is -2.71. The van der Waals surface area contributed by atoms with Gasteiger partial charge in [-0.25, -0.2) is 5.43 Å². The first-order valence-corrected chi connectivity index (χ1v) is 11.1. The quantitative estimate of drug-likeness (QED) is 0.300. The molecule has 0 atom stereocenters. The zero-order valence-corrected chi connectivity index (χ0v) is 20.2. The number of hydrogen-bond acceptors (Lipinski definition) is 4. The number of hydrogen-bond donors (Lipinski definition) is 2. The number of aryl methyl sites for hydroxylation is 1. The highest BCUT2D eigenvalue weighted by Crippen LogP contribution is 2.31. The number of amides is 2. The Balaban J connectivity index is 1.51. The summed E-state index contributed by atoms with van der Waals surface area (Å²) >= 11 is 6.84. The van der Waals surface area contributed by atoms with E-state index in [1.165, 1.54) is 0 Å². The standard InChI is InChI=1S/C23H21Br2N3O3/c1-14-10-21(19(25)12-18(14)24)31-13-23(30)28-27-15(2)11-22(29)26-20-9-5-7-16-6-3-4-8-17(16)20/h3-10,12H,11,13H2,1-2H3,(H,26,29)(H,28,30). The lowest BCUT2D eigenvalue weighted by Crippen LogP contribution is -2.26. The average molecular weight is 547 g/mol. The van der Waals surface area contributed by atoms with Crippen LogP contribution in [-0.2, 0) is 9.59 Å². The monoisotopic (exact) mass is 545 g/mol. The molecule has 31 heavy (non-hydrogen) atoms. The maximum absolute atomic E-state index is 12.4. The van der Waals surface area contributed by atoms with E-state index < -0.39 is 5.91 Å². The zero-order valence-electron chi connectivity index (χ0n) is 17.0. The summed E-state index contributed by atoms with van der Waals surface area (Å²) in [4.78, 5) is 24.4. The lowest BCUT2D eigenvalue weighted by atomic mass is 10.1. The fraction of sp³-hybridized carbons (Fsp3) is 0.174. The van der Waals surface area contributed by atoms with Gasteiger partial charge in [-0.3, -0.25) is 9.59 Å². The molecule has 0 radical (unpaired) electrons. The number of halogens is 2. The molecule has 0 aliphatic heterocycles. The van der Waals surface area contributed by atoms with Gasteiger partial charge >= 0.3 is 0 Å². The van der Waals surface area contributed by atoms with Gasteiger partial charge in [0.25, 0.3) is 5.91 Å². The first-order chi connectivity index (χ1) is 14.8. The largest absolute Gasteiger partial charge is 0.483 e. The van der Waals surface area contributed by atoms with Gasteiger partial charge in [0.2, 0.25) is 5.91 Å². The number of nitrogens with zero attached hydrogens (tertiary/aromatic N) is 1. The third-order valence-corrected chi connectivity index (χ3v) is 5.90. The minimum Gasteiger partial charge on any atom is -0.483 e. The molecule has 3 aromatic rings. The van der Waals surface area contributed by atoms with Gasteiger partial charge in [0.1, 0.15) is 5.75 Å². The number of carbonyl (C=O) groups is 2. The number of nitrogens with one attached hydrogen (secondary N) is 2. The van der Waals surface area contributed by atoms with Gasteiger partial charge < -0.3 is 10.1 Å². The molecular formula is C23H21Br2N3O3. The molecule has 0 spiro atoms. The van der Waals surface area contributed by atoms with Crippen molar-refractivity contribution in [3.05, 3.63) is 69.1 Å². The summed E-state index contributed by atoms with van der Waals surface area (Å²) in [6.45, 7) is 3.41. The Morgan fingerprint density at radius 1 is 1.00 bits per heavy atom. The second-order valence-corrected chi connectivity index (χ2v) is 8.66. The molecule has 160 valence electrons. The van der Waals surface area contributed by atoms with E-state index in [-0.39, 0.29) is 18.9 Å². The predicted molar refractivity (Wildman–Crippen MR) is 131 cm³/mol. The van der Waals surface area contributed by atoms with Gasteiger partial charge in [0.05, 0.1) is 10.9 Å². The van der Waals surface area contributed by atoms with Crippen molar-refractivity contribution < 1.29 is 14.3 Å². The predicted octanol–water partition coefficient (Wildman–Crippen LogP) is 5.57. The molecule has 3 aromatic carbocycles. The Morgan fingerprint density at radius 2 is 1.74 bits per heavy atom. The molecule has 0 aromatic heterocycles. The molecule has 0 saturated heterocycles. The van der Waals surface area contributed by atoms with Crippen molar-refractivity contribution in [3.63, 3.8) is 0 Å². The molecule has 0 aliphatic carbocycles. The zero-order chi connectivity index (χ0) is 22.4. The van der Waals surface area contributed by atoms with Crippen LogP contribution in [0.2, 0.25) is 0 Å². The molecule has 0 aliphatic rings. The topological polar surface area (TPSA) is 79.8 Å². The second kappa shape index (κ2) is 10.5. The number of anilines is 1. The van der Waals surface area contributed by atoms with Crippen LogP contribution in [0.1, 0.15) is 18.9 Å². The van der Waals surface area contributed by atoms with Crippen LogP contribution in [0.3, 0.4) is 0 Å². The fourth-order valence-electron chi connectivity index (χ4n) is 2.88. The van der Waals surface area contributed by atoms with E-state index in [2.05, 4.69) is 47.7 Å². The van der Waals surface area contributed by atoms with Crippen LogP contribution in [0.25, 0.3) is 10.8 Å². The van der Waals surface area contributed by atoms with Crippen molar-refractivity contribution in [2.24, 2.45) is 5.10 Å². The minimum absolute atomic E-state index is 0.0574. The molecule has 6 nitrogen and oxygen atoms in total. The summed E-state index contributed by atoms with van der Waals surface area (Å²) in [6.07, 6.45) is 0.0574. The number of hydrazone groups is 1. The van der Waals surface area contributed by atoms with Crippen molar-refractivity contribution in [1.82, 2.24) is 5.43 Å². The van der Waals surface area contributed by atoms with Gasteiger partial charge in [0, 0.05) is 21.3 Å². The van der Waals surface area contributed by atoms with Crippen molar-refractivity contribution in [2.45, 2.75) is 20.3 Å². The number of carbonyl (C=O) groups excluding carboxylic acids is 2. The molecule has 2 N–H and O–H groups in total. The lowest BCUT2D eigenvalue weighted by Gasteiger charge is -2.10. The van der Waals surface area contributed by atoms with E-state index >= 15 is 0 Å². The van der Waals surface area contributed by atoms with Crippen molar-refractivity contribution in [1.29, 1.82) is 0 Å². The normalized spacial score (nSPS) is 11.3. The molecule has 0 heterocycles. The molecule has 0 unspecified atom stereocenters. The van der Waals surface area contributed by atoms with Gasteiger partial charge in [-0.1, -0.05) is 52.3 Å². The molecule has 3 rings (SSSR count). The molecule has 0 bridgehead atoms. The SMILES string of the molecule is CC(CC(=O)Nc1cccc2ccccc12)=NNC(=O)COc1cc(C)c(Br)cc1Br. The highest BCUT2D eigenvalue weighted by Gasteiger charge is 2.10. The highest BCUT2D eigenvalue weighted by atomic mass is 79.9. The summed E-state index contributed by atoms with van der Waals surface area (Å²) in [5.41, 5.74) is 4.62. The lowest BCUT2D eigenvalue weighted by molar-refractivity contribution is -0.123. The summed E-state index contributed by atoms with van der Waals surface area (Å²) in [7, 11) is 0. The Labute approximate surface area is 197 Å². The van der Waals surface area contributed by atoms with Crippen LogP contribution in [0.15, 0.2) is 68.6 Å². The van der Waals surface area contributed by atoms with Gasteiger partial charge in [-0.15, -0.1) is 0 Å². The van der Waals surface area contributed by atoms with Crippen molar-refractivity contribution >= 4 is 65.8 Å². The van der Waals surface area contributed by atoms with E-state index in [1.54, 1.807) is 6.92 Å². The maximum Gasteiger partial charge on any atom is 0.277 e. The average Bonchev–Trinajstić information content (AvgIpc) is 2.74. The van der Waals surface area contributed by atoms with Crippen LogP contribution in [0, 0.1) is 6.92 Å². The smallest absolute Gasteiger partial charge is 0.277 e. The number of rotatable bonds is 7. The molecular weight excluding hydrogens is 526 g/mol. The Bertz CT molecular complexity index is 1160. The van der Waals surface area contributed by atoms with Crippen LogP contribution < -0.4 is 15.5 Å². The summed E-state index contributed by atoms with van der Waals surface area (Å²) in [5, 5.41) is 8.90. The Kier molecular flexibility index (Phi) is 7.81. The van der Waals surface area contributed by atoms with E-state index in [4.69, 9.17) is 4.74 Å². The summed E-state index contributed by atoms with van der Waals surface area (Å²) < 4.78 is 7.22. The first kappa shape index (κ1) is 23.0. The maximum atomic E-state index is 12.4. The fourth-order valence-corrected chi connectivity index (χ4v) is 3.98. The first-order valence-electron chi connectivity index (χ1n) is 9.51. The summed E-state index contributed by atoms with van der Waals surface area (Å²) in [6, 6.07) is 17.2. The Morgan fingerprint density at radius 3 is 2.55 bits per heavy atom. The van der Waals surface area contributed by atoms with Crippen LogP contribution in [0.4, 0.5) is 5.69 Å². The van der Waals surface area contributed by atoms with Crippen LogP contribution in [-0.4, -0.2) is 24.1 Å². The minimum atomic E-state index is -0.415. The summed E-state index contributed by atoms with van der Waals surface area (Å²) in [5.74, 6) is -0.0651. The van der Waals surface area contributed by atoms with Gasteiger partial charge in [-0.05, 0) is 58.9 Å². The van der Waals surface area contributed by atoms with Crippen LogP contribution >= 0.6 is 31.9 Å². The van der Waals surface area contributed by atoms with Crippen molar-refractivity contribution in [3.8, 4) is 5.75 Å². The number of benzene rings is 3. The van der Waals surface area contributed by atoms with E-state index in [0.717, 1.165) is 31.0 Å². The van der Waals surface area contributed by atoms with E-state index in [1.807, 2.05) is 61.5 Å². The van der Waals surface area contributed by atoms with E-state index in [0.29, 0.717) is 11.5 Å². The van der Waals surface area contributed by atoms with Crippen molar-refractivity contribution in [2.75, 3.05) is 11.9 Å². The second-order valence-electron chi connectivity index (χ2n) is 6.95. The third kappa shape index (κ3) is 6.38. The third-order valence-electron chi connectivity index (χ3n) is 4.42. The molecule has 0 fully saturated rings. The molecule has 8 heteroatoms. The molecule has 2 amide bonds. The highest BCUT2D eigenvalue weighted by molar-refractivity contribution is 9.11.